The van der Waals surface area contributed by atoms with Gasteiger partial charge in [0.15, 0.2) is 0 Å². The van der Waals surface area contributed by atoms with Crippen molar-refractivity contribution in [2.24, 2.45) is 0 Å². The molecule has 0 bridgehead atoms. The van der Waals surface area contributed by atoms with Crippen molar-refractivity contribution in [1.29, 1.82) is 0 Å². The van der Waals surface area contributed by atoms with Gasteiger partial charge in [-0.3, -0.25) is 14.9 Å². The Kier molecular flexibility index (Phi) is 4.90. The van der Waals surface area contributed by atoms with E-state index in [1.54, 1.807) is 0 Å². The number of fused-ring (bicyclic) bond motifs is 1. The van der Waals surface area contributed by atoms with Crippen LogP contribution in [-0.2, 0) is 11.2 Å². The zero-order valence-electron chi connectivity index (χ0n) is 13.8. The van der Waals surface area contributed by atoms with Gasteiger partial charge in [0.25, 0.3) is 5.69 Å². The van der Waals surface area contributed by atoms with E-state index in [0.29, 0.717) is 5.69 Å². The van der Waals surface area contributed by atoms with E-state index in [-0.39, 0.29) is 23.2 Å². The quantitative estimate of drug-likeness (QED) is 0.662. The van der Waals surface area contributed by atoms with Crippen LogP contribution in [-0.4, -0.2) is 23.9 Å². The van der Waals surface area contributed by atoms with Crippen LogP contribution in [0.3, 0.4) is 0 Å². The van der Waals surface area contributed by atoms with Crippen molar-refractivity contribution < 1.29 is 9.72 Å². The molecule has 130 valence electrons. The molecule has 0 aliphatic carbocycles. The highest BCUT2D eigenvalue weighted by Gasteiger charge is 2.20. The number of aryl methyl sites for hydroxylation is 2. The van der Waals surface area contributed by atoms with Crippen LogP contribution in [0.5, 0.6) is 0 Å². The molecule has 2 aromatic carbocycles. The minimum absolute atomic E-state index is 0.108. The fourth-order valence-electron chi connectivity index (χ4n) is 3.05. The number of amides is 1. The number of hydrogen-bond donors (Lipinski definition) is 1. The number of carbonyl (C=O) groups is 1. The maximum atomic E-state index is 12.4. The molecule has 1 amide bonds. The van der Waals surface area contributed by atoms with Crippen LogP contribution in [0.2, 0.25) is 5.02 Å². The average Bonchev–Trinajstić information content (AvgIpc) is 2.56. The topological polar surface area (TPSA) is 75.5 Å². The normalized spacial score (nSPS) is 13.3. The molecule has 1 heterocycles. The number of nitrogens with one attached hydrogen (secondary N) is 1. The third-order valence-corrected chi connectivity index (χ3v) is 4.53. The predicted molar refractivity (Wildman–Crippen MR) is 98.4 cm³/mol. The molecule has 3 rings (SSSR count). The van der Waals surface area contributed by atoms with E-state index in [0.717, 1.165) is 25.1 Å². The Labute approximate surface area is 150 Å². The molecule has 0 unspecified atom stereocenters. The Bertz CT molecular complexity index is 838. The summed E-state index contributed by atoms with van der Waals surface area (Å²) >= 11 is 6.03. The summed E-state index contributed by atoms with van der Waals surface area (Å²) in [7, 11) is 0. The van der Waals surface area contributed by atoms with Crippen molar-refractivity contribution in [2.45, 2.75) is 19.8 Å². The molecule has 0 fully saturated rings. The van der Waals surface area contributed by atoms with Gasteiger partial charge in [0.2, 0.25) is 5.91 Å². The third-order valence-electron chi connectivity index (χ3n) is 4.22. The molecule has 6 nitrogen and oxygen atoms in total. The number of halogens is 1. The number of rotatable bonds is 4. The summed E-state index contributed by atoms with van der Waals surface area (Å²) in [6.45, 7) is 3.09. The number of nitro benzene ring substituents is 1. The number of nitro groups is 1. The molecular formula is C18H18ClN3O3. The van der Waals surface area contributed by atoms with Crippen molar-refractivity contribution in [3.63, 3.8) is 0 Å². The minimum Gasteiger partial charge on any atom is -0.362 e. The van der Waals surface area contributed by atoms with Gasteiger partial charge >= 0.3 is 0 Å². The summed E-state index contributed by atoms with van der Waals surface area (Å²) in [5.74, 6) is -0.204. The van der Waals surface area contributed by atoms with Gasteiger partial charge in [-0.2, -0.15) is 0 Å². The highest BCUT2D eigenvalue weighted by Crippen LogP contribution is 2.29. The molecule has 2 aromatic rings. The van der Waals surface area contributed by atoms with Gasteiger partial charge in [-0.15, -0.1) is 0 Å². The molecule has 1 aliphatic heterocycles. The van der Waals surface area contributed by atoms with Gasteiger partial charge in [0.05, 0.1) is 22.2 Å². The minimum atomic E-state index is -0.524. The Morgan fingerprint density at radius 1 is 1.32 bits per heavy atom. The van der Waals surface area contributed by atoms with E-state index in [2.05, 4.69) is 24.4 Å². The number of nitrogens with zero attached hydrogens (tertiary/aromatic N) is 2. The monoisotopic (exact) mass is 359 g/mol. The lowest BCUT2D eigenvalue weighted by atomic mass is 9.99. The predicted octanol–water partition coefficient (Wildman–Crippen LogP) is 3.95. The highest BCUT2D eigenvalue weighted by molar-refractivity contribution is 6.34. The second-order valence-electron chi connectivity index (χ2n) is 6.13. The lowest BCUT2D eigenvalue weighted by Gasteiger charge is -2.31. The summed E-state index contributed by atoms with van der Waals surface area (Å²) in [5.41, 5.74) is 3.82. The first kappa shape index (κ1) is 17.2. The van der Waals surface area contributed by atoms with Crippen LogP contribution in [0, 0.1) is 17.0 Å². The Morgan fingerprint density at radius 2 is 2.12 bits per heavy atom. The van der Waals surface area contributed by atoms with Crippen LogP contribution in [0.4, 0.5) is 17.1 Å². The summed E-state index contributed by atoms with van der Waals surface area (Å²) in [5, 5.41) is 13.6. The van der Waals surface area contributed by atoms with Crippen LogP contribution in [0.15, 0.2) is 36.4 Å². The second-order valence-corrected chi connectivity index (χ2v) is 6.53. The number of non-ortho nitro benzene ring substituents is 1. The van der Waals surface area contributed by atoms with E-state index in [9.17, 15) is 14.9 Å². The van der Waals surface area contributed by atoms with E-state index < -0.39 is 4.92 Å². The fourth-order valence-corrected chi connectivity index (χ4v) is 3.27. The van der Waals surface area contributed by atoms with Crippen molar-refractivity contribution in [2.75, 3.05) is 23.3 Å². The largest absolute Gasteiger partial charge is 0.362 e. The second kappa shape index (κ2) is 7.11. The Hall–Kier alpha value is -2.60. The van der Waals surface area contributed by atoms with E-state index in [1.165, 1.54) is 29.3 Å². The summed E-state index contributed by atoms with van der Waals surface area (Å²) < 4.78 is 0. The van der Waals surface area contributed by atoms with Gasteiger partial charge in [0, 0.05) is 24.4 Å². The molecule has 0 saturated heterocycles. The van der Waals surface area contributed by atoms with E-state index in [1.807, 2.05) is 11.0 Å². The number of carbonyl (C=O) groups excluding carboxylic acids is 1. The smallest absolute Gasteiger partial charge is 0.271 e. The molecule has 25 heavy (non-hydrogen) atoms. The SMILES string of the molecule is Cc1ccc2c(c1)CCCN2CC(=O)Nc1ccc([N+](=O)[O-])cc1Cl. The maximum Gasteiger partial charge on any atom is 0.271 e. The lowest BCUT2D eigenvalue weighted by Crippen LogP contribution is -2.36. The van der Waals surface area contributed by atoms with Crippen LogP contribution in [0.1, 0.15) is 17.5 Å². The molecular weight excluding hydrogens is 342 g/mol. The summed E-state index contributed by atoms with van der Waals surface area (Å²) in [4.78, 5) is 24.7. The van der Waals surface area contributed by atoms with Gasteiger partial charge in [-0.1, -0.05) is 29.3 Å². The average molecular weight is 360 g/mol. The first-order chi connectivity index (χ1) is 11.9. The Balaban J connectivity index is 1.71. The van der Waals surface area contributed by atoms with Crippen LogP contribution < -0.4 is 10.2 Å². The molecule has 0 saturated carbocycles. The summed E-state index contributed by atoms with van der Waals surface area (Å²) in [6, 6.07) is 10.3. The third kappa shape index (κ3) is 3.91. The number of anilines is 2. The number of benzene rings is 2. The number of hydrogen-bond acceptors (Lipinski definition) is 4. The van der Waals surface area contributed by atoms with Gasteiger partial charge in [-0.05, 0) is 37.5 Å². The van der Waals surface area contributed by atoms with Gasteiger partial charge in [0.1, 0.15) is 0 Å². The molecule has 0 spiro atoms. The first-order valence-electron chi connectivity index (χ1n) is 8.02. The zero-order valence-corrected chi connectivity index (χ0v) is 14.5. The van der Waals surface area contributed by atoms with E-state index in [4.69, 9.17) is 11.6 Å². The Morgan fingerprint density at radius 3 is 2.84 bits per heavy atom. The molecule has 1 aliphatic rings. The van der Waals surface area contributed by atoms with Gasteiger partial charge in [-0.25, -0.2) is 0 Å². The zero-order chi connectivity index (χ0) is 18.0. The maximum absolute atomic E-state index is 12.4. The summed E-state index contributed by atoms with van der Waals surface area (Å²) in [6.07, 6.45) is 2.02. The van der Waals surface area contributed by atoms with Crippen LogP contribution >= 0.6 is 11.6 Å². The standard InChI is InChI=1S/C18H18ClN3O3/c1-12-4-7-17-13(9-12)3-2-8-21(17)11-18(23)20-16-6-5-14(22(24)25)10-15(16)19/h4-7,9-10H,2-3,8,11H2,1H3,(H,20,23). The van der Waals surface area contributed by atoms with Crippen molar-refractivity contribution >= 4 is 34.6 Å². The molecule has 0 aromatic heterocycles. The molecule has 0 atom stereocenters. The van der Waals surface area contributed by atoms with Crippen molar-refractivity contribution in [1.82, 2.24) is 0 Å². The first-order valence-corrected chi connectivity index (χ1v) is 8.40. The molecule has 1 N–H and O–H groups in total. The highest BCUT2D eigenvalue weighted by atomic mass is 35.5. The molecule has 0 radical (unpaired) electrons. The lowest BCUT2D eigenvalue weighted by molar-refractivity contribution is -0.384. The fraction of sp³-hybridized carbons (Fsp3) is 0.278. The van der Waals surface area contributed by atoms with Crippen molar-refractivity contribution in [3.8, 4) is 0 Å². The van der Waals surface area contributed by atoms with E-state index >= 15 is 0 Å². The van der Waals surface area contributed by atoms with Crippen LogP contribution in [0.25, 0.3) is 0 Å². The van der Waals surface area contributed by atoms with Gasteiger partial charge < -0.3 is 10.2 Å². The van der Waals surface area contributed by atoms with Crippen molar-refractivity contribution in [3.05, 3.63) is 62.7 Å². The molecule has 7 heteroatoms.